The fraction of sp³-hybridized carbons (Fsp3) is 0.682. The first kappa shape index (κ1) is 19.2. The molecule has 0 amide bonds. The van der Waals surface area contributed by atoms with Crippen LogP contribution in [0.3, 0.4) is 0 Å². The second kappa shape index (κ2) is 8.43. The van der Waals surface area contributed by atoms with Crippen molar-refractivity contribution in [1.29, 1.82) is 0 Å². The van der Waals surface area contributed by atoms with Crippen LogP contribution in [-0.2, 0) is 4.74 Å². The lowest BCUT2D eigenvalue weighted by atomic mass is 9.78. The Balaban J connectivity index is 1.59. The van der Waals surface area contributed by atoms with E-state index in [0.29, 0.717) is 24.0 Å². The number of nitrogens with zero attached hydrogens (tertiary/aromatic N) is 1. The van der Waals surface area contributed by atoms with Crippen LogP contribution in [0.4, 0.5) is 0 Å². The van der Waals surface area contributed by atoms with Gasteiger partial charge in [0.25, 0.3) is 0 Å². The maximum Gasteiger partial charge on any atom is 0.191 e. The van der Waals surface area contributed by atoms with Gasteiger partial charge in [0, 0.05) is 37.6 Å². The van der Waals surface area contributed by atoms with Crippen molar-refractivity contribution in [2.45, 2.75) is 65.0 Å². The summed E-state index contributed by atoms with van der Waals surface area (Å²) >= 11 is 0. The molecule has 1 aliphatic carbocycles. The molecule has 4 atom stereocenters. The zero-order chi connectivity index (χ0) is 18.6. The Kier molecular flexibility index (Phi) is 6.23. The minimum Gasteiger partial charge on any atom is -0.377 e. The van der Waals surface area contributed by atoms with E-state index in [1.807, 2.05) is 0 Å². The summed E-state index contributed by atoms with van der Waals surface area (Å²) < 4.78 is 6.11. The van der Waals surface area contributed by atoms with Crippen molar-refractivity contribution < 1.29 is 4.74 Å². The predicted octanol–water partition coefficient (Wildman–Crippen LogP) is 3.94. The molecule has 144 valence electrons. The average molecular weight is 358 g/mol. The molecule has 0 spiro atoms. The number of nitrogens with one attached hydrogen (secondary N) is 2. The highest BCUT2D eigenvalue weighted by atomic mass is 16.5. The van der Waals surface area contributed by atoms with Gasteiger partial charge in [0.2, 0.25) is 0 Å². The van der Waals surface area contributed by atoms with Gasteiger partial charge in [-0.25, -0.2) is 0 Å². The van der Waals surface area contributed by atoms with Crippen molar-refractivity contribution in [2.24, 2.45) is 16.3 Å². The minimum atomic E-state index is 0.168. The molecule has 0 aromatic heterocycles. The van der Waals surface area contributed by atoms with Crippen LogP contribution in [0, 0.1) is 11.3 Å². The Labute approximate surface area is 158 Å². The van der Waals surface area contributed by atoms with Crippen LogP contribution in [0.15, 0.2) is 35.3 Å². The molecule has 4 unspecified atom stereocenters. The van der Waals surface area contributed by atoms with Gasteiger partial charge in [0.1, 0.15) is 0 Å². The molecule has 2 aliphatic rings. The minimum absolute atomic E-state index is 0.168. The Morgan fingerprint density at radius 3 is 2.69 bits per heavy atom. The summed E-state index contributed by atoms with van der Waals surface area (Å²) in [6.07, 6.45) is 3.84. The van der Waals surface area contributed by atoms with Gasteiger partial charge in [-0.2, -0.15) is 0 Å². The van der Waals surface area contributed by atoms with Gasteiger partial charge in [-0.1, -0.05) is 51.1 Å². The molecule has 4 heteroatoms. The van der Waals surface area contributed by atoms with Crippen LogP contribution in [0.25, 0.3) is 0 Å². The number of hydrogen-bond donors (Lipinski definition) is 2. The molecular formula is C22H35N3O. The van der Waals surface area contributed by atoms with E-state index in [2.05, 4.69) is 68.7 Å². The van der Waals surface area contributed by atoms with E-state index in [1.54, 1.807) is 0 Å². The zero-order valence-corrected chi connectivity index (χ0v) is 16.8. The van der Waals surface area contributed by atoms with Crippen LogP contribution in [0.1, 0.15) is 58.4 Å². The zero-order valence-electron chi connectivity index (χ0n) is 16.8. The highest BCUT2D eigenvalue weighted by Crippen LogP contribution is 2.40. The Morgan fingerprint density at radius 2 is 2.00 bits per heavy atom. The first-order valence-corrected chi connectivity index (χ1v) is 10.2. The summed E-state index contributed by atoms with van der Waals surface area (Å²) in [7, 11) is 0. The third-order valence-corrected chi connectivity index (χ3v) is 5.47. The SMILES string of the molecule is CCNC(=NCC1CCCOC1C(C)(C)C)NC1CC1c1ccccc1. The topological polar surface area (TPSA) is 45.7 Å². The molecule has 4 nitrogen and oxygen atoms in total. The highest BCUT2D eigenvalue weighted by Gasteiger charge is 2.39. The summed E-state index contributed by atoms with van der Waals surface area (Å²) in [5.41, 5.74) is 1.59. The summed E-state index contributed by atoms with van der Waals surface area (Å²) in [4.78, 5) is 4.92. The van der Waals surface area contributed by atoms with Crippen molar-refractivity contribution in [3.8, 4) is 0 Å². The predicted molar refractivity (Wildman–Crippen MR) is 109 cm³/mol. The highest BCUT2D eigenvalue weighted by molar-refractivity contribution is 5.80. The number of rotatable bonds is 5. The smallest absolute Gasteiger partial charge is 0.191 e. The molecule has 1 heterocycles. The lowest BCUT2D eigenvalue weighted by Gasteiger charge is -2.39. The van der Waals surface area contributed by atoms with Gasteiger partial charge in [-0.3, -0.25) is 4.99 Å². The van der Waals surface area contributed by atoms with Gasteiger partial charge >= 0.3 is 0 Å². The van der Waals surface area contributed by atoms with E-state index in [-0.39, 0.29) is 5.41 Å². The van der Waals surface area contributed by atoms with Crippen molar-refractivity contribution in [1.82, 2.24) is 10.6 Å². The first-order valence-electron chi connectivity index (χ1n) is 10.2. The molecule has 3 rings (SSSR count). The van der Waals surface area contributed by atoms with E-state index >= 15 is 0 Å². The van der Waals surface area contributed by atoms with Gasteiger partial charge in [0.05, 0.1) is 6.10 Å². The normalized spacial score (nSPS) is 29.3. The lowest BCUT2D eigenvalue weighted by molar-refractivity contribution is -0.0823. The number of benzene rings is 1. The van der Waals surface area contributed by atoms with Crippen LogP contribution in [0.5, 0.6) is 0 Å². The van der Waals surface area contributed by atoms with Crippen molar-refractivity contribution in [2.75, 3.05) is 19.7 Å². The fourth-order valence-corrected chi connectivity index (χ4v) is 4.11. The number of ether oxygens (including phenoxy) is 1. The Bertz CT molecular complexity index is 593. The number of aliphatic imine (C=N–C) groups is 1. The van der Waals surface area contributed by atoms with E-state index in [9.17, 15) is 0 Å². The molecule has 1 saturated heterocycles. The van der Waals surface area contributed by atoms with Crippen LogP contribution in [-0.4, -0.2) is 37.8 Å². The van der Waals surface area contributed by atoms with Gasteiger partial charge < -0.3 is 15.4 Å². The van der Waals surface area contributed by atoms with E-state index in [1.165, 1.54) is 18.4 Å². The Morgan fingerprint density at radius 1 is 1.23 bits per heavy atom. The first-order chi connectivity index (χ1) is 12.5. The average Bonchev–Trinajstić information content (AvgIpc) is 3.39. The lowest BCUT2D eigenvalue weighted by Crippen LogP contribution is -2.43. The third-order valence-electron chi connectivity index (χ3n) is 5.47. The molecule has 2 N–H and O–H groups in total. The summed E-state index contributed by atoms with van der Waals surface area (Å²) in [5, 5.41) is 7.05. The molecule has 26 heavy (non-hydrogen) atoms. The van der Waals surface area contributed by atoms with Crippen molar-refractivity contribution in [3.05, 3.63) is 35.9 Å². The summed E-state index contributed by atoms with van der Waals surface area (Å²) in [6.45, 7) is 11.6. The second-order valence-electron chi connectivity index (χ2n) is 8.78. The van der Waals surface area contributed by atoms with E-state index in [4.69, 9.17) is 9.73 Å². The van der Waals surface area contributed by atoms with Crippen molar-refractivity contribution in [3.63, 3.8) is 0 Å². The molecule has 1 aromatic rings. The molecule has 0 radical (unpaired) electrons. The monoisotopic (exact) mass is 357 g/mol. The molecule has 1 saturated carbocycles. The van der Waals surface area contributed by atoms with E-state index < -0.39 is 0 Å². The molecule has 2 fully saturated rings. The van der Waals surface area contributed by atoms with Crippen molar-refractivity contribution >= 4 is 5.96 Å². The maximum absolute atomic E-state index is 6.11. The molecule has 0 bridgehead atoms. The van der Waals surface area contributed by atoms with Gasteiger partial charge in [-0.15, -0.1) is 0 Å². The Hall–Kier alpha value is -1.55. The third kappa shape index (κ3) is 5.00. The van der Waals surface area contributed by atoms with Crippen LogP contribution < -0.4 is 10.6 Å². The van der Waals surface area contributed by atoms with Crippen LogP contribution in [0.2, 0.25) is 0 Å². The standard InChI is InChI=1S/C22H35N3O/c1-5-23-21(25-19-14-18(19)16-10-7-6-8-11-16)24-15-17-12-9-13-26-20(17)22(2,3)4/h6-8,10-11,17-20H,5,9,12-15H2,1-4H3,(H2,23,24,25). The second-order valence-corrected chi connectivity index (χ2v) is 8.78. The molecular weight excluding hydrogens is 322 g/mol. The molecule has 1 aliphatic heterocycles. The summed E-state index contributed by atoms with van der Waals surface area (Å²) in [5.74, 6) is 2.07. The quantitative estimate of drug-likeness (QED) is 0.620. The summed E-state index contributed by atoms with van der Waals surface area (Å²) in [6, 6.07) is 11.3. The van der Waals surface area contributed by atoms with Gasteiger partial charge in [-0.05, 0) is 37.2 Å². The number of hydrogen-bond acceptors (Lipinski definition) is 2. The van der Waals surface area contributed by atoms with Gasteiger partial charge in [0.15, 0.2) is 5.96 Å². The van der Waals surface area contributed by atoms with Crippen LogP contribution >= 0.6 is 0 Å². The maximum atomic E-state index is 6.11. The molecule has 1 aromatic carbocycles. The fourth-order valence-electron chi connectivity index (χ4n) is 4.11. The largest absolute Gasteiger partial charge is 0.377 e. The number of guanidine groups is 1. The van der Waals surface area contributed by atoms with E-state index in [0.717, 1.165) is 32.1 Å².